The summed E-state index contributed by atoms with van der Waals surface area (Å²) in [6.07, 6.45) is 3.20. The first-order valence-corrected chi connectivity index (χ1v) is 10.3. The van der Waals surface area contributed by atoms with Crippen molar-refractivity contribution in [2.24, 2.45) is 5.92 Å². The van der Waals surface area contributed by atoms with E-state index in [1.165, 1.54) is 16.4 Å². The van der Waals surface area contributed by atoms with Gasteiger partial charge in [0.15, 0.2) is 0 Å². The first kappa shape index (κ1) is 18.0. The number of hydrogen-bond donors (Lipinski definition) is 0. The van der Waals surface area contributed by atoms with Crippen LogP contribution in [0.4, 0.5) is 0 Å². The molecule has 2 fully saturated rings. The fraction of sp³-hybridized carbons (Fsp3) is 0.562. The first-order valence-electron chi connectivity index (χ1n) is 8.14. The number of sulfonamides is 1. The van der Waals surface area contributed by atoms with Crippen LogP contribution >= 0.6 is 23.2 Å². The van der Waals surface area contributed by atoms with E-state index in [1.807, 2.05) is 4.90 Å². The van der Waals surface area contributed by atoms with Crippen LogP contribution < -0.4 is 0 Å². The van der Waals surface area contributed by atoms with Crippen LogP contribution in [0, 0.1) is 5.92 Å². The van der Waals surface area contributed by atoms with Gasteiger partial charge in [0.1, 0.15) is 4.90 Å². The Balaban J connectivity index is 1.71. The molecule has 5 nitrogen and oxygen atoms in total. The molecule has 2 saturated heterocycles. The van der Waals surface area contributed by atoms with E-state index in [0.717, 1.165) is 25.9 Å². The molecular formula is C16H20Cl2N2O3S. The smallest absolute Gasteiger partial charge is 0.246 e. The van der Waals surface area contributed by atoms with Crippen LogP contribution in [-0.2, 0) is 14.8 Å². The molecule has 132 valence electrons. The van der Waals surface area contributed by atoms with Gasteiger partial charge in [-0.1, -0.05) is 29.3 Å². The van der Waals surface area contributed by atoms with Gasteiger partial charge in [0.05, 0.1) is 10.0 Å². The number of nitrogens with zero attached hydrogens (tertiary/aromatic N) is 2. The number of likely N-dealkylation sites (tertiary alicyclic amines) is 1. The molecule has 0 saturated carbocycles. The predicted octanol–water partition coefficient (Wildman–Crippen LogP) is 3.02. The van der Waals surface area contributed by atoms with Crippen molar-refractivity contribution in [3.8, 4) is 0 Å². The number of amides is 1. The van der Waals surface area contributed by atoms with Crippen molar-refractivity contribution in [3.05, 3.63) is 28.2 Å². The van der Waals surface area contributed by atoms with E-state index >= 15 is 0 Å². The number of hydrogen-bond acceptors (Lipinski definition) is 3. The van der Waals surface area contributed by atoms with Gasteiger partial charge >= 0.3 is 0 Å². The average Bonchev–Trinajstić information content (AvgIpc) is 3.08. The molecule has 8 heteroatoms. The molecule has 24 heavy (non-hydrogen) atoms. The SMILES string of the molecule is O=C(C1CCN(S(=O)(=O)c2c(Cl)cccc2Cl)CC1)N1CCCC1. The topological polar surface area (TPSA) is 57.7 Å². The molecule has 1 aromatic carbocycles. The Morgan fingerprint density at radius 3 is 2.08 bits per heavy atom. The summed E-state index contributed by atoms with van der Waals surface area (Å²) in [7, 11) is -3.75. The maximum Gasteiger partial charge on any atom is 0.246 e. The molecule has 3 rings (SSSR count). The Bertz CT molecular complexity index is 705. The van der Waals surface area contributed by atoms with Gasteiger partial charge in [0.2, 0.25) is 15.9 Å². The van der Waals surface area contributed by atoms with Crippen molar-refractivity contribution in [2.45, 2.75) is 30.6 Å². The highest BCUT2D eigenvalue weighted by molar-refractivity contribution is 7.89. The van der Waals surface area contributed by atoms with Crippen molar-refractivity contribution in [3.63, 3.8) is 0 Å². The van der Waals surface area contributed by atoms with Crippen molar-refractivity contribution in [2.75, 3.05) is 26.2 Å². The lowest BCUT2D eigenvalue weighted by Gasteiger charge is -2.32. The summed E-state index contributed by atoms with van der Waals surface area (Å²) in [5.41, 5.74) is 0. The van der Waals surface area contributed by atoms with Crippen LogP contribution in [0.2, 0.25) is 10.0 Å². The fourth-order valence-electron chi connectivity index (χ4n) is 3.40. The molecule has 0 N–H and O–H groups in total. The predicted molar refractivity (Wildman–Crippen MR) is 93.8 cm³/mol. The summed E-state index contributed by atoms with van der Waals surface area (Å²) in [6, 6.07) is 4.65. The number of halogens is 2. The summed E-state index contributed by atoms with van der Waals surface area (Å²) in [4.78, 5) is 14.3. The molecule has 2 aliphatic heterocycles. The average molecular weight is 391 g/mol. The Kier molecular flexibility index (Phi) is 5.39. The Hall–Kier alpha value is -0.820. The molecule has 0 aromatic heterocycles. The second kappa shape index (κ2) is 7.20. The summed E-state index contributed by atoms with van der Waals surface area (Å²) < 4.78 is 27.0. The van der Waals surface area contributed by atoms with Crippen LogP contribution in [0.25, 0.3) is 0 Å². The van der Waals surface area contributed by atoms with Crippen molar-refractivity contribution < 1.29 is 13.2 Å². The molecule has 2 heterocycles. The van der Waals surface area contributed by atoms with E-state index in [0.29, 0.717) is 25.9 Å². The highest BCUT2D eigenvalue weighted by atomic mass is 35.5. The first-order chi connectivity index (χ1) is 11.4. The second-order valence-electron chi connectivity index (χ2n) is 6.26. The number of piperidine rings is 1. The summed E-state index contributed by atoms with van der Waals surface area (Å²) in [6.45, 7) is 2.28. The zero-order valence-corrected chi connectivity index (χ0v) is 15.6. The Morgan fingerprint density at radius 1 is 1.00 bits per heavy atom. The van der Waals surface area contributed by atoms with Crippen LogP contribution in [0.15, 0.2) is 23.1 Å². The lowest BCUT2D eigenvalue weighted by Crippen LogP contribution is -2.43. The van der Waals surface area contributed by atoms with Crippen LogP contribution in [0.1, 0.15) is 25.7 Å². The molecule has 0 aliphatic carbocycles. The number of carbonyl (C=O) groups is 1. The lowest BCUT2D eigenvalue weighted by atomic mass is 9.97. The molecular weight excluding hydrogens is 371 g/mol. The van der Waals surface area contributed by atoms with E-state index in [4.69, 9.17) is 23.2 Å². The Labute approximate surface area is 152 Å². The van der Waals surface area contributed by atoms with Gasteiger partial charge < -0.3 is 4.90 Å². The summed E-state index contributed by atoms with van der Waals surface area (Å²) in [5, 5.41) is 0.246. The normalized spacial score (nSPS) is 20.5. The number of carbonyl (C=O) groups excluding carboxylic acids is 1. The molecule has 1 aromatic rings. The Morgan fingerprint density at radius 2 is 1.54 bits per heavy atom. The monoisotopic (exact) mass is 390 g/mol. The molecule has 0 spiro atoms. The molecule has 2 aliphatic rings. The maximum atomic E-state index is 12.8. The van der Waals surface area contributed by atoms with E-state index in [1.54, 1.807) is 6.07 Å². The highest BCUT2D eigenvalue weighted by Crippen LogP contribution is 2.33. The molecule has 0 radical (unpaired) electrons. The van der Waals surface area contributed by atoms with Gasteiger partial charge in [-0.05, 0) is 37.8 Å². The van der Waals surface area contributed by atoms with Gasteiger partial charge in [0, 0.05) is 32.1 Å². The molecule has 0 bridgehead atoms. The minimum absolute atomic E-state index is 0.0438. The zero-order chi connectivity index (χ0) is 17.3. The largest absolute Gasteiger partial charge is 0.342 e. The molecule has 1 amide bonds. The fourth-order valence-corrected chi connectivity index (χ4v) is 5.96. The third kappa shape index (κ3) is 3.43. The quantitative estimate of drug-likeness (QED) is 0.796. The lowest BCUT2D eigenvalue weighted by molar-refractivity contribution is -0.135. The third-order valence-corrected chi connectivity index (χ3v) is 7.59. The van der Waals surface area contributed by atoms with Crippen molar-refractivity contribution >= 4 is 39.1 Å². The van der Waals surface area contributed by atoms with Crippen molar-refractivity contribution in [1.29, 1.82) is 0 Å². The van der Waals surface area contributed by atoms with Crippen LogP contribution in [0.3, 0.4) is 0 Å². The van der Waals surface area contributed by atoms with Gasteiger partial charge in [-0.2, -0.15) is 4.31 Å². The minimum Gasteiger partial charge on any atom is -0.342 e. The molecule has 0 unspecified atom stereocenters. The number of rotatable bonds is 3. The summed E-state index contributed by atoms with van der Waals surface area (Å²) in [5.74, 6) is 0.0802. The van der Waals surface area contributed by atoms with E-state index in [-0.39, 0.29) is 26.8 Å². The summed E-state index contributed by atoms with van der Waals surface area (Å²) >= 11 is 12.1. The third-order valence-electron chi connectivity index (χ3n) is 4.74. The van der Waals surface area contributed by atoms with E-state index in [9.17, 15) is 13.2 Å². The van der Waals surface area contributed by atoms with Gasteiger partial charge in [-0.15, -0.1) is 0 Å². The second-order valence-corrected chi connectivity index (χ2v) is 8.95. The van der Waals surface area contributed by atoms with Gasteiger partial charge in [0.25, 0.3) is 0 Å². The van der Waals surface area contributed by atoms with E-state index in [2.05, 4.69) is 0 Å². The van der Waals surface area contributed by atoms with Crippen LogP contribution in [0.5, 0.6) is 0 Å². The standard InChI is InChI=1S/C16H20Cl2N2O3S/c17-13-4-3-5-14(18)15(13)24(22,23)20-10-6-12(7-11-20)16(21)19-8-1-2-9-19/h3-5,12H,1-2,6-11H2. The zero-order valence-electron chi connectivity index (χ0n) is 13.2. The van der Waals surface area contributed by atoms with Gasteiger partial charge in [-0.25, -0.2) is 8.42 Å². The van der Waals surface area contributed by atoms with Crippen LogP contribution in [-0.4, -0.2) is 49.7 Å². The minimum atomic E-state index is -3.75. The van der Waals surface area contributed by atoms with Crippen molar-refractivity contribution in [1.82, 2.24) is 9.21 Å². The van der Waals surface area contributed by atoms with Gasteiger partial charge in [-0.3, -0.25) is 4.79 Å². The molecule has 0 atom stereocenters. The highest BCUT2D eigenvalue weighted by Gasteiger charge is 2.35. The number of benzene rings is 1. The maximum absolute atomic E-state index is 12.8. The van der Waals surface area contributed by atoms with E-state index < -0.39 is 10.0 Å².